The number of aromatic nitrogens is 1. The fourth-order valence-corrected chi connectivity index (χ4v) is 2.05. The number of nitrogens with zero attached hydrogens (tertiary/aromatic N) is 1. The van der Waals surface area contributed by atoms with Crippen molar-refractivity contribution in [3.8, 4) is 0 Å². The highest BCUT2D eigenvalue weighted by Crippen LogP contribution is 2.29. The molecule has 0 unspecified atom stereocenters. The van der Waals surface area contributed by atoms with E-state index in [0.29, 0.717) is 12.2 Å². The standard InChI is InChI=1S/C12H13BrN4O/c13-7-1-2-10-8(5-7)12(9(14)6-17-10)16-4-3-11(15)18/h1-2,5-6H,3-4,14H2,(H2,15,18)(H,16,17). The van der Waals surface area contributed by atoms with Crippen molar-refractivity contribution in [3.05, 3.63) is 28.9 Å². The number of nitrogen functional groups attached to an aromatic ring is 1. The molecule has 6 heteroatoms. The molecule has 0 aliphatic carbocycles. The third-order valence-electron chi connectivity index (χ3n) is 2.53. The first-order chi connectivity index (χ1) is 8.58. The van der Waals surface area contributed by atoms with E-state index in [9.17, 15) is 4.79 Å². The third kappa shape index (κ3) is 2.70. The quantitative estimate of drug-likeness (QED) is 0.803. The second-order valence-electron chi connectivity index (χ2n) is 3.89. The fraction of sp³-hybridized carbons (Fsp3) is 0.167. The van der Waals surface area contributed by atoms with Crippen molar-refractivity contribution < 1.29 is 4.79 Å². The smallest absolute Gasteiger partial charge is 0.219 e. The third-order valence-corrected chi connectivity index (χ3v) is 3.03. The molecule has 1 aromatic carbocycles. The minimum absolute atomic E-state index is 0.261. The van der Waals surface area contributed by atoms with Gasteiger partial charge in [-0.1, -0.05) is 15.9 Å². The Kier molecular flexibility index (Phi) is 3.66. The van der Waals surface area contributed by atoms with Gasteiger partial charge in [0.25, 0.3) is 0 Å². The van der Waals surface area contributed by atoms with Crippen LogP contribution in [0.4, 0.5) is 11.4 Å². The molecule has 1 heterocycles. The summed E-state index contributed by atoms with van der Waals surface area (Å²) in [5.41, 5.74) is 13.2. The van der Waals surface area contributed by atoms with Crippen LogP contribution < -0.4 is 16.8 Å². The number of carbonyl (C=O) groups is 1. The molecule has 94 valence electrons. The van der Waals surface area contributed by atoms with Gasteiger partial charge in [-0.3, -0.25) is 9.78 Å². The number of benzene rings is 1. The Hall–Kier alpha value is -1.82. The van der Waals surface area contributed by atoms with Crippen LogP contribution in [-0.4, -0.2) is 17.4 Å². The monoisotopic (exact) mass is 308 g/mol. The normalized spacial score (nSPS) is 10.5. The Bertz CT molecular complexity index is 595. The first-order valence-electron chi connectivity index (χ1n) is 5.44. The van der Waals surface area contributed by atoms with Crippen molar-refractivity contribution in [2.45, 2.75) is 6.42 Å². The molecule has 5 nitrogen and oxygen atoms in total. The summed E-state index contributed by atoms with van der Waals surface area (Å²) in [5.74, 6) is -0.347. The molecule has 0 aliphatic heterocycles. The average molecular weight is 309 g/mol. The van der Waals surface area contributed by atoms with Gasteiger partial charge in [0.1, 0.15) is 0 Å². The van der Waals surface area contributed by atoms with E-state index in [-0.39, 0.29) is 12.3 Å². The molecule has 1 aromatic heterocycles. The zero-order chi connectivity index (χ0) is 13.1. The van der Waals surface area contributed by atoms with Gasteiger partial charge in [-0.25, -0.2) is 0 Å². The first kappa shape index (κ1) is 12.6. The maximum Gasteiger partial charge on any atom is 0.219 e. The van der Waals surface area contributed by atoms with Crippen LogP contribution in [0.25, 0.3) is 10.9 Å². The van der Waals surface area contributed by atoms with E-state index in [1.807, 2.05) is 18.2 Å². The Balaban J connectivity index is 2.37. The van der Waals surface area contributed by atoms with E-state index < -0.39 is 0 Å². The lowest BCUT2D eigenvalue weighted by molar-refractivity contribution is -0.117. The number of nitrogens with two attached hydrogens (primary N) is 2. The molecule has 0 bridgehead atoms. The Labute approximate surface area is 113 Å². The predicted molar refractivity (Wildman–Crippen MR) is 76.2 cm³/mol. The van der Waals surface area contributed by atoms with Crippen molar-refractivity contribution in [2.24, 2.45) is 5.73 Å². The number of halogens is 1. The minimum atomic E-state index is -0.347. The second kappa shape index (κ2) is 5.22. The van der Waals surface area contributed by atoms with E-state index in [0.717, 1.165) is 21.1 Å². The van der Waals surface area contributed by atoms with Crippen molar-refractivity contribution >= 4 is 44.1 Å². The molecule has 2 rings (SSSR count). The fourth-order valence-electron chi connectivity index (χ4n) is 1.69. The number of primary amides is 1. The van der Waals surface area contributed by atoms with Crippen LogP contribution in [0.1, 0.15) is 6.42 Å². The number of hydrogen-bond acceptors (Lipinski definition) is 4. The summed E-state index contributed by atoms with van der Waals surface area (Å²) in [6.07, 6.45) is 1.86. The van der Waals surface area contributed by atoms with Crippen molar-refractivity contribution in [3.63, 3.8) is 0 Å². The van der Waals surface area contributed by atoms with E-state index in [2.05, 4.69) is 26.2 Å². The SMILES string of the molecule is NC(=O)CCNc1c(N)cnc2ccc(Br)cc12. The molecule has 1 amide bonds. The number of hydrogen-bond donors (Lipinski definition) is 3. The number of rotatable bonds is 4. The van der Waals surface area contributed by atoms with Crippen molar-refractivity contribution in [1.82, 2.24) is 4.98 Å². The first-order valence-corrected chi connectivity index (χ1v) is 6.23. The van der Waals surface area contributed by atoms with Crippen LogP contribution in [-0.2, 0) is 4.79 Å². The molecule has 0 saturated heterocycles. The van der Waals surface area contributed by atoms with Crippen molar-refractivity contribution in [2.75, 3.05) is 17.6 Å². The van der Waals surface area contributed by atoms with Gasteiger partial charge in [-0.15, -0.1) is 0 Å². The summed E-state index contributed by atoms with van der Waals surface area (Å²) in [7, 11) is 0. The largest absolute Gasteiger partial charge is 0.396 e. The van der Waals surface area contributed by atoms with Gasteiger partial charge in [-0.05, 0) is 18.2 Å². The Morgan fingerprint density at radius 3 is 2.94 bits per heavy atom. The summed E-state index contributed by atoms with van der Waals surface area (Å²) in [6.45, 7) is 0.450. The summed E-state index contributed by atoms with van der Waals surface area (Å²) in [4.78, 5) is 15.0. The highest BCUT2D eigenvalue weighted by atomic mass is 79.9. The topological polar surface area (TPSA) is 94.0 Å². The van der Waals surface area contributed by atoms with E-state index in [4.69, 9.17) is 11.5 Å². The number of fused-ring (bicyclic) bond motifs is 1. The molecule has 0 spiro atoms. The highest BCUT2D eigenvalue weighted by molar-refractivity contribution is 9.10. The number of amides is 1. The highest BCUT2D eigenvalue weighted by Gasteiger charge is 2.07. The van der Waals surface area contributed by atoms with Crippen LogP contribution in [0.3, 0.4) is 0 Å². The minimum Gasteiger partial charge on any atom is -0.396 e. The molecule has 0 saturated carbocycles. The van der Waals surface area contributed by atoms with E-state index >= 15 is 0 Å². The van der Waals surface area contributed by atoms with Gasteiger partial charge in [-0.2, -0.15) is 0 Å². The van der Waals surface area contributed by atoms with Gasteiger partial charge < -0.3 is 16.8 Å². The lowest BCUT2D eigenvalue weighted by atomic mass is 10.1. The van der Waals surface area contributed by atoms with Crippen molar-refractivity contribution in [1.29, 1.82) is 0 Å². The van der Waals surface area contributed by atoms with Crippen LogP contribution >= 0.6 is 15.9 Å². The van der Waals surface area contributed by atoms with Gasteiger partial charge in [0.05, 0.1) is 23.1 Å². The second-order valence-corrected chi connectivity index (χ2v) is 4.81. The van der Waals surface area contributed by atoms with Gasteiger partial charge in [0.15, 0.2) is 0 Å². The number of carbonyl (C=O) groups excluding carboxylic acids is 1. The van der Waals surface area contributed by atoms with Crippen LogP contribution in [0, 0.1) is 0 Å². The van der Waals surface area contributed by atoms with Gasteiger partial charge in [0.2, 0.25) is 5.91 Å². The molecule has 2 aromatic rings. The molecule has 0 fully saturated rings. The van der Waals surface area contributed by atoms with Crippen LogP contribution in [0.5, 0.6) is 0 Å². The number of pyridine rings is 1. The molecule has 18 heavy (non-hydrogen) atoms. The lowest BCUT2D eigenvalue weighted by Gasteiger charge is -2.11. The molecule has 0 radical (unpaired) electrons. The summed E-state index contributed by atoms with van der Waals surface area (Å²) in [5, 5.41) is 4.04. The predicted octanol–water partition coefficient (Wildman–Crippen LogP) is 1.87. The molecule has 0 aliphatic rings. The lowest BCUT2D eigenvalue weighted by Crippen LogP contribution is -2.16. The average Bonchev–Trinajstić information content (AvgIpc) is 2.31. The number of anilines is 2. The van der Waals surface area contributed by atoms with Crippen LogP contribution in [0.15, 0.2) is 28.9 Å². The zero-order valence-electron chi connectivity index (χ0n) is 9.61. The van der Waals surface area contributed by atoms with E-state index in [1.54, 1.807) is 6.20 Å². The van der Waals surface area contributed by atoms with Gasteiger partial charge in [0, 0.05) is 22.8 Å². The molecule has 0 atom stereocenters. The molecule has 5 N–H and O–H groups in total. The summed E-state index contributed by atoms with van der Waals surface area (Å²) >= 11 is 3.41. The summed E-state index contributed by atoms with van der Waals surface area (Å²) in [6, 6.07) is 5.75. The number of nitrogens with one attached hydrogen (secondary N) is 1. The van der Waals surface area contributed by atoms with Gasteiger partial charge >= 0.3 is 0 Å². The maximum atomic E-state index is 10.7. The zero-order valence-corrected chi connectivity index (χ0v) is 11.2. The van der Waals surface area contributed by atoms with E-state index in [1.165, 1.54) is 0 Å². The molecular formula is C12H13BrN4O. The molecular weight excluding hydrogens is 296 g/mol. The van der Waals surface area contributed by atoms with Crippen LogP contribution in [0.2, 0.25) is 0 Å². The maximum absolute atomic E-state index is 10.7. The summed E-state index contributed by atoms with van der Waals surface area (Å²) < 4.78 is 0.945. The Morgan fingerprint density at radius 2 is 2.22 bits per heavy atom. The Morgan fingerprint density at radius 1 is 1.44 bits per heavy atom.